The molecule has 400 valence electrons. The van der Waals surface area contributed by atoms with E-state index in [1.165, 1.54) is 0 Å². The third-order valence-corrected chi connectivity index (χ3v) is 15.9. The van der Waals surface area contributed by atoms with Crippen LogP contribution in [-0.4, -0.2) is 65.0 Å². The Bertz CT molecular complexity index is 3830. The molecule has 0 amide bonds. The maximum atomic E-state index is 14.9. The molecule has 0 saturated carbocycles. The van der Waals surface area contributed by atoms with Gasteiger partial charge in [0.15, 0.2) is 0 Å². The van der Waals surface area contributed by atoms with Gasteiger partial charge in [-0.1, -0.05) is 121 Å². The molecule has 0 radical (unpaired) electrons. The number of hydrogen-bond acceptors (Lipinski definition) is 8. The van der Waals surface area contributed by atoms with E-state index in [-0.39, 0.29) is 75.1 Å². The second kappa shape index (κ2) is 20.1. The van der Waals surface area contributed by atoms with Gasteiger partial charge >= 0.3 is 22.8 Å². The fourth-order valence-electron chi connectivity index (χ4n) is 12.3. The van der Waals surface area contributed by atoms with Gasteiger partial charge in [0.1, 0.15) is 23.0 Å². The molecule has 8 aromatic carbocycles. The number of ether oxygens (including phenoxy) is 4. The number of rotatable bonds is 4. The minimum Gasteiger partial charge on any atom is -0.496 e. The molecule has 4 aromatic heterocycles. The van der Waals surface area contributed by atoms with Crippen molar-refractivity contribution in [2.24, 2.45) is 0 Å². The van der Waals surface area contributed by atoms with Crippen LogP contribution in [0.5, 0.6) is 23.0 Å². The monoisotopic (exact) mass is 1060 g/mol. The van der Waals surface area contributed by atoms with Crippen molar-refractivity contribution < 1.29 is 18.9 Å². The Morgan fingerprint density at radius 2 is 0.362 bits per heavy atom. The summed E-state index contributed by atoms with van der Waals surface area (Å²) >= 11 is 0. The van der Waals surface area contributed by atoms with Crippen LogP contribution in [-0.2, 0) is 52.4 Å². The molecule has 16 bridgehead atoms. The van der Waals surface area contributed by atoms with Crippen molar-refractivity contribution in [3.05, 3.63) is 256 Å². The Kier molecular flexibility index (Phi) is 12.5. The fraction of sp³-hybridized carbons (Fsp3) is 0.188. The van der Waals surface area contributed by atoms with Crippen LogP contribution in [0.4, 0.5) is 0 Å². The highest BCUT2D eigenvalue weighted by Crippen LogP contribution is 2.33. The van der Waals surface area contributed by atoms with Gasteiger partial charge in [-0.3, -0.25) is 36.5 Å². The van der Waals surface area contributed by atoms with Crippen LogP contribution in [0.1, 0.15) is 44.5 Å². The van der Waals surface area contributed by atoms with E-state index in [0.717, 1.165) is 88.6 Å². The molecule has 0 fully saturated rings. The molecule has 0 N–H and O–H groups in total. The second-order valence-corrected chi connectivity index (χ2v) is 20.2. The summed E-state index contributed by atoms with van der Waals surface area (Å²) in [4.78, 5) is 59.8. The molecule has 1 aliphatic rings. The van der Waals surface area contributed by atoms with Crippen LogP contribution in [0.2, 0.25) is 0 Å². The molecular weight excluding hydrogens is 1010 g/mol. The highest BCUT2D eigenvalue weighted by molar-refractivity contribution is 5.79. The standard InChI is InChI=1S/C64H56N8O8/c1-77-57-41-17-13-18-42(57)34-66-50-26-6-8-28-52(50)68(62(66)74)36-44-20-15-22-46(59(44)79-3)38-70-54-30-10-12-32-56(54)72(64(70)76)40-48-24-16-23-47(60(48)80-4)39-71-55-31-11-9-29-53(55)69(63(71)75)37-45-21-14-19-43(58(45)78-2)35-67-51-27-7-5-25-49(51)65(33-41)61(67)73/h5-32H,33-40H2,1-4H3. The lowest BCUT2D eigenvalue weighted by atomic mass is 10.1. The Labute approximate surface area is 457 Å². The van der Waals surface area contributed by atoms with Crippen LogP contribution >= 0.6 is 0 Å². The lowest BCUT2D eigenvalue weighted by Crippen LogP contribution is -2.27. The summed E-state index contributed by atoms with van der Waals surface area (Å²) in [5.74, 6) is 2.26. The molecule has 0 atom stereocenters. The van der Waals surface area contributed by atoms with E-state index in [1.807, 2.05) is 170 Å². The Hall–Kier alpha value is -9.96. The molecule has 0 aliphatic carbocycles. The zero-order valence-corrected chi connectivity index (χ0v) is 44.7. The predicted octanol–water partition coefficient (Wildman–Crippen LogP) is 8.89. The SMILES string of the molecule is COc1c2cccc1Cn1c(=O)n(c3ccccc31)Cc1cccc(c1OC)Cn1c(=O)n(c3ccccc31)Cc1cccc(c1OC)Cn1c(=O)n(c3ccccc31)Cc1cccc(c1OC)Cn1c(=O)n(c3ccccc31)C2. The minimum absolute atomic E-state index is 0.184. The fourth-order valence-corrected chi connectivity index (χ4v) is 12.3. The Morgan fingerprint density at radius 3 is 0.487 bits per heavy atom. The molecule has 16 nitrogen and oxygen atoms in total. The molecule has 0 saturated heterocycles. The van der Waals surface area contributed by atoms with Crippen molar-refractivity contribution in [3.63, 3.8) is 0 Å². The van der Waals surface area contributed by atoms with E-state index in [1.54, 1.807) is 65.0 Å². The summed E-state index contributed by atoms with van der Waals surface area (Å²) in [6, 6.07) is 54.2. The molecule has 0 spiro atoms. The Balaban J connectivity index is 0.988. The predicted molar refractivity (Wildman–Crippen MR) is 310 cm³/mol. The topological polar surface area (TPSA) is 145 Å². The van der Waals surface area contributed by atoms with Gasteiger partial charge in [0.05, 0.1) is 125 Å². The maximum Gasteiger partial charge on any atom is 0.329 e. The van der Waals surface area contributed by atoms with Crippen LogP contribution in [0, 0.1) is 0 Å². The Morgan fingerprint density at radius 1 is 0.225 bits per heavy atom. The number of imidazole rings is 4. The second-order valence-electron chi connectivity index (χ2n) is 20.2. The summed E-state index contributed by atoms with van der Waals surface area (Å²) in [6.07, 6.45) is 0. The zero-order valence-electron chi connectivity index (χ0n) is 44.7. The molecule has 16 heteroatoms. The van der Waals surface area contributed by atoms with E-state index in [4.69, 9.17) is 18.9 Å². The van der Waals surface area contributed by atoms with Crippen molar-refractivity contribution in [3.8, 4) is 23.0 Å². The largest absolute Gasteiger partial charge is 0.496 e. The van der Waals surface area contributed by atoms with Crippen molar-refractivity contribution in [2.75, 3.05) is 28.4 Å². The normalized spacial score (nSPS) is 13.1. The van der Waals surface area contributed by atoms with E-state index in [9.17, 15) is 19.2 Å². The highest BCUT2D eigenvalue weighted by atomic mass is 16.5. The summed E-state index contributed by atoms with van der Waals surface area (Å²) in [6.45, 7) is 1.47. The van der Waals surface area contributed by atoms with Crippen LogP contribution in [0.3, 0.4) is 0 Å². The summed E-state index contributed by atoms with van der Waals surface area (Å²) < 4.78 is 38.8. The van der Waals surface area contributed by atoms with Gasteiger partial charge in [0.2, 0.25) is 0 Å². The van der Waals surface area contributed by atoms with Crippen molar-refractivity contribution in [1.82, 2.24) is 36.5 Å². The summed E-state index contributed by atoms with van der Waals surface area (Å²) in [7, 11) is 6.45. The number of aromatic nitrogens is 8. The maximum absolute atomic E-state index is 14.9. The number of fused-ring (bicyclic) bond motifs is 28. The molecule has 13 rings (SSSR count). The number of benzene rings is 8. The number of nitrogens with zero attached hydrogens (tertiary/aromatic N) is 8. The number of methoxy groups -OCH3 is 4. The van der Waals surface area contributed by atoms with E-state index < -0.39 is 0 Å². The van der Waals surface area contributed by atoms with Crippen molar-refractivity contribution in [1.29, 1.82) is 0 Å². The van der Waals surface area contributed by atoms with Gasteiger partial charge in [-0.15, -0.1) is 0 Å². The lowest BCUT2D eigenvalue weighted by Gasteiger charge is -2.16. The zero-order chi connectivity index (χ0) is 54.8. The van der Waals surface area contributed by atoms with Crippen LogP contribution in [0.15, 0.2) is 189 Å². The van der Waals surface area contributed by atoms with Gasteiger partial charge < -0.3 is 18.9 Å². The number of hydrogen-bond donors (Lipinski definition) is 0. The molecule has 5 heterocycles. The molecule has 12 aromatic rings. The first kappa shape index (κ1) is 49.6. The summed E-state index contributed by atoms with van der Waals surface area (Å²) in [5.41, 5.74) is 11.1. The number of para-hydroxylation sites is 12. The van der Waals surface area contributed by atoms with Crippen molar-refractivity contribution >= 4 is 44.1 Å². The average molecular weight is 1070 g/mol. The third-order valence-electron chi connectivity index (χ3n) is 15.9. The van der Waals surface area contributed by atoms with E-state index >= 15 is 0 Å². The first-order valence-electron chi connectivity index (χ1n) is 26.5. The first-order chi connectivity index (χ1) is 39.2. The van der Waals surface area contributed by atoms with E-state index in [2.05, 4.69) is 0 Å². The summed E-state index contributed by atoms with van der Waals surface area (Å²) in [5, 5.41) is 0. The van der Waals surface area contributed by atoms with Gasteiger partial charge in [-0.25, -0.2) is 19.2 Å². The third kappa shape index (κ3) is 8.12. The van der Waals surface area contributed by atoms with Crippen LogP contribution < -0.4 is 41.7 Å². The molecule has 80 heavy (non-hydrogen) atoms. The first-order valence-corrected chi connectivity index (χ1v) is 26.5. The minimum atomic E-state index is -0.229. The molecule has 0 unspecified atom stereocenters. The highest BCUT2D eigenvalue weighted by Gasteiger charge is 2.25. The van der Waals surface area contributed by atoms with Crippen LogP contribution in [0.25, 0.3) is 44.1 Å². The average Bonchev–Trinajstić information content (AvgIpc) is 4.11. The van der Waals surface area contributed by atoms with Gasteiger partial charge in [-0.2, -0.15) is 0 Å². The van der Waals surface area contributed by atoms with Gasteiger partial charge in [-0.05, 0) is 48.5 Å². The van der Waals surface area contributed by atoms with Crippen molar-refractivity contribution in [2.45, 2.75) is 52.4 Å². The molecule has 1 aliphatic heterocycles. The smallest absolute Gasteiger partial charge is 0.329 e. The lowest BCUT2D eigenvalue weighted by molar-refractivity contribution is 0.400. The van der Waals surface area contributed by atoms with Gasteiger partial charge in [0, 0.05) is 44.5 Å². The quantitative estimate of drug-likeness (QED) is 0.170. The van der Waals surface area contributed by atoms with E-state index in [0.29, 0.717) is 23.0 Å². The molecular formula is C64H56N8O8. The van der Waals surface area contributed by atoms with Gasteiger partial charge in [0.25, 0.3) is 0 Å².